The molecule has 16 heavy (non-hydrogen) atoms. The number of methoxy groups -OCH3 is 1. The first-order chi connectivity index (χ1) is 7.61. The lowest BCUT2D eigenvalue weighted by atomic mass is 10.0. The fourth-order valence-corrected chi connectivity index (χ4v) is 1.94. The summed E-state index contributed by atoms with van der Waals surface area (Å²) in [4.78, 5) is 17.7. The fourth-order valence-electron chi connectivity index (χ4n) is 1.78. The average molecular weight is 241 g/mol. The van der Waals surface area contributed by atoms with Gasteiger partial charge in [0, 0.05) is 13.1 Å². The summed E-state index contributed by atoms with van der Waals surface area (Å²) >= 11 is 5.78. The van der Waals surface area contributed by atoms with Gasteiger partial charge < -0.3 is 9.64 Å². The summed E-state index contributed by atoms with van der Waals surface area (Å²) in [5, 5.41) is 0.303. The van der Waals surface area contributed by atoms with E-state index in [2.05, 4.69) is 11.9 Å². The van der Waals surface area contributed by atoms with E-state index in [9.17, 15) is 4.79 Å². The molecule has 0 aliphatic carbocycles. The van der Waals surface area contributed by atoms with E-state index in [0.29, 0.717) is 22.4 Å². The second-order valence-corrected chi connectivity index (χ2v) is 4.41. The molecule has 0 aromatic carbocycles. The number of carbonyl (C=O) groups excluding carboxylic acids is 1. The van der Waals surface area contributed by atoms with Crippen LogP contribution in [0.2, 0.25) is 5.15 Å². The van der Waals surface area contributed by atoms with Gasteiger partial charge in [0.2, 0.25) is 0 Å². The molecule has 4 nitrogen and oxygen atoms in total. The number of halogens is 1. The first-order valence-electron chi connectivity index (χ1n) is 5.10. The van der Waals surface area contributed by atoms with Crippen LogP contribution in [0.25, 0.3) is 0 Å². The van der Waals surface area contributed by atoms with Gasteiger partial charge in [0.1, 0.15) is 10.9 Å². The van der Waals surface area contributed by atoms with Gasteiger partial charge in [0.25, 0.3) is 5.91 Å². The number of rotatable bonds is 2. The van der Waals surface area contributed by atoms with Gasteiger partial charge in [-0.05, 0) is 12.0 Å². The molecule has 1 saturated heterocycles. The van der Waals surface area contributed by atoms with Crippen LogP contribution in [0.1, 0.15) is 17.3 Å². The Morgan fingerprint density at radius 1 is 1.62 bits per heavy atom. The smallest absolute Gasteiger partial charge is 0.257 e. The fraction of sp³-hybridized carbons (Fsp3) is 0.455. The highest BCUT2D eigenvalue weighted by atomic mass is 35.5. The number of ether oxygens (including phenoxy) is 1. The SMILES string of the molecule is COc1cnc(Cl)cc1C(=O)N1CC(C)C1. The second-order valence-electron chi connectivity index (χ2n) is 4.02. The molecule has 0 atom stereocenters. The largest absolute Gasteiger partial charge is 0.494 e. The molecule has 1 fully saturated rings. The summed E-state index contributed by atoms with van der Waals surface area (Å²) in [6, 6.07) is 1.55. The third kappa shape index (κ3) is 1.97. The normalized spacial score (nSPS) is 15.8. The molecule has 86 valence electrons. The zero-order valence-electron chi connectivity index (χ0n) is 9.24. The summed E-state index contributed by atoms with van der Waals surface area (Å²) in [6.07, 6.45) is 1.47. The van der Waals surface area contributed by atoms with Gasteiger partial charge >= 0.3 is 0 Å². The quantitative estimate of drug-likeness (QED) is 0.741. The average Bonchev–Trinajstić information content (AvgIpc) is 2.24. The highest BCUT2D eigenvalue weighted by Gasteiger charge is 2.29. The van der Waals surface area contributed by atoms with Crippen LogP contribution in [-0.2, 0) is 0 Å². The van der Waals surface area contributed by atoms with Crippen molar-refractivity contribution in [2.24, 2.45) is 5.92 Å². The Hall–Kier alpha value is -1.29. The maximum absolute atomic E-state index is 12.1. The molecule has 0 radical (unpaired) electrons. The molecule has 1 aliphatic heterocycles. The molecule has 0 N–H and O–H groups in total. The van der Waals surface area contributed by atoms with Crippen molar-refractivity contribution in [3.05, 3.63) is 23.0 Å². The molecule has 0 saturated carbocycles. The summed E-state index contributed by atoms with van der Waals surface area (Å²) in [5.41, 5.74) is 0.481. The molecule has 1 aromatic heterocycles. The molecule has 5 heteroatoms. The Morgan fingerprint density at radius 3 is 2.88 bits per heavy atom. The van der Waals surface area contributed by atoms with E-state index < -0.39 is 0 Å². The Bertz CT molecular complexity index is 416. The van der Waals surface area contributed by atoms with Crippen molar-refractivity contribution >= 4 is 17.5 Å². The number of likely N-dealkylation sites (tertiary alicyclic amines) is 1. The van der Waals surface area contributed by atoms with Crippen molar-refractivity contribution in [2.45, 2.75) is 6.92 Å². The zero-order chi connectivity index (χ0) is 11.7. The van der Waals surface area contributed by atoms with Crippen LogP contribution in [0.3, 0.4) is 0 Å². The zero-order valence-corrected chi connectivity index (χ0v) is 9.99. The van der Waals surface area contributed by atoms with Crippen LogP contribution in [-0.4, -0.2) is 36.0 Å². The number of hydrogen-bond donors (Lipinski definition) is 0. The lowest BCUT2D eigenvalue weighted by molar-refractivity contribution is 0.0527. The lowest BCUT2D eigenvalue weighted by Gasteiger charge is -2.37. The molecular formula is C11H13ClN2O2. The number of pyridine rings is 1. The molecule has 1 amide bonds. The number of hydrogen-bond acceptors (Lipinski definition) is 3. The van der Waals surface area contributed by atoms with Crippen molar-refractivity contribution in [1.29, 1.82) is 0 Å². The van der Waals surface area contributed by atoms with Crippen LogP contribution in [0.5, 0.6) is 5.75 Å². The van der Waals surface area contributed by atoms with E-state index in [0.717, 1.165) is 13.1 Å². The Kier molecular flexibility index (Phi) is 3.01. The molecule has 0 unspecified atom stereocenters. The summed E-state index contributed by atoms with van der Waals surface area (Å²) in [6.45, 7) is 3.70. The van der Waals surface area contributed by atoms with Crippen molar-refractivity contribution in [2.75, 3.05) is 20.2 Å². The van der Waals surface area contributed by atoms with Gasteiger partial charge in [0.05, 0.1) is 18.9 Å². The van der Waals surface area contributed by atoms with E-state index in [1.165, 1.54) is 13.3 Å². The van der Waals surface area contributed by atoms with E-state index >= 15 is 0 Å². The monoisotopic (exact) mass is 240 g/mol. The van der Waals surface area contributed by atoms with E-state index in [-0.39, 0.29) is 5.91 Å². The van der Waals surface area contributed by atoms with Gasteiger partial charge in [-0.25, -0.2) is 4.98 Å². The van der Waals surface area contributed by atoms with E-state index in [1.54, 1.807) is 11.0 Å². The molecule has 1 aromatic rings. The van der Waals surface area contributed by atoms with Crippen molar-refractivity contribution in [1.82, 2.24) is 9.88 Å². The van der Waals surface area contributed by atoms with Gasteiger partial charge in [-0.1, -0.05) is 18.5 Å². The Morgan fingerprint density at radius 2 is 2.31 bits per heavy atom. The standard InChI is InChI=1S/C11H13ClN2O2/c1-7-5-14(6-7)11(15)8-3-10(12)13-4-9(8)16-2/h3-4,7H,5-6H2,1-2H3. The lowest BCUT2D eigenvalue weighted by Crippen LogP contribution is -2.48. The van der Waals surface area contributed by atoms with E-state index in [1.807, 2.05) is 0 Å². The molecule has 0 bridgehead atoms. The van der Waals surface area contributed by atoms with Crippen LogP contribution in [0, 0.1) is 5.92 Å². The van der Waals surface area contributed by atoms with Crippen molar-refractivity contribution in [3.63, 3.8) is 0 Å². The first kappa shape index (κ1) is 11.2. The molecule has 0 spiro atoms. The number of aromatic nitrogens is 1. The molecule has 1 aliphatic rings. The predicted molar refractivity (Wildman–Crippen MR) is 60.9 cm³/mol. The summed E-state index contributed by atoms with van der Waals surface area (Å²) < 4.78 is 5.10. The van der Waals surface area contributed by atoms with Crippen LogP contribution in [0.4, 0.5) is 0 Å². The van der Waals surface area contributed by atoms with Crippen molar-refractivity contribution in [3.8, 4) is 5.75 Å². The minimum atomic E-state index is -0.0424. The third-order valence-corrected chi connectivity index (χ3v) is 2.84. The van der Waals surface area contributed by atoms with Crippen LogP contribution >= 0.6 is 11.6 Å². The van der Waals surface area contributed by atoms with Crippen LogP contribution < -0.4 is 4.74 Å². The van der Waals surface area contributed by atoms with Gasteiger partial charge in [0.15, 0.2) is 0 Å². The van der Waals surface area contributed by atoms with Gasteiger partial charge in [-0.2, -0.15) is 0 Å². The maximum atomic E-state index is 12.1. The Labute approximate surface area is 99.2 Å². The van der Waals surface area contributed by atoms with Gasteiger partial charge in [-0.15, -0.1) is 0 Å². The topological polar surface area (TPSA) is 42.4 Å². The Balaban J connectivity index is 2.24. The van der Waals surface area contributed by atoms with Crippen LogP contribution in [0.15, 0.2) is 12.3 Å². The highest BCUT2D eigenvalue weighted by Crippen LogP contribution is 2.25. The summed E-state index contributed by atoms with van der Waals surface area (Å²) in [7, 11) is 1.51. The second kappa shape index (κ2) is 4.29. The first-order valence-corrected chi connectivity index (χ1v) is 5.48. The number of amides is 1. The highest BCUT2D eigenvalue weighted by molar-refractivity contribution is 6.29. The predicted octanol–water partition coefficient (Wildman–Crippen LogP) is 1.84. The minimum Gasteiger partial charge on any atom is -0.494 e. The van der Waals surface area contributed by atoms with Gasteiger partial charge in [-0.3, -0.25) is 4.79 Å². The minimum absolute atomic E-state index is 0.0424. The maximum Gasteiger partial charge on any atom is 0.257 e. The molecule has 2 heterocycles. The molecular weight excluding hydrogens is 228 g/mol. The molecule has 2 rings (SSSR count). The van der Waals surface area contributed by atoms with E-state index in [4.69, 9.17) is 16.3 Å². The number of carbonyl (C=O) groups is 1. The number of nitrogens with zero attached hydrogens (tertiary/aromatic N) is 2. The summed E-state index contributed by atoms with van der Waals surface area (Å²) in [5.74, 6) is 1.00. The van der Waals surface area contributed by atoms with Crippen molar-refractivity contribution < 1.29 is 9.53 Å². The third-order valence-electron chi connectivity index (χ3n) is 2.64.